The number of carbonyl (C=O) groups excluding carboxylic acids is 3. The minimum absolute atomic E-state index is 0.0355. The lowest BCUT2D eigenvalue weighted by molar-refractivity contribution is -0.125. The van der Waals surface area contributed by atoms with Gasteiger partial charge in [0.15, 0.2) is 0 Å². The van der Waals surface area contributed by atoms with Crippen molar-refractivity contribution in [2.75, 3.05) is 28.2 Å². The first-order valence-corrected chi connectivity index (χ1v) is 13.4. The van der Waals surface area contributed by atoms with Crippen molar-refractivity contribution in [2.45, 2.75) is 70.5 Å². The van der Waals surface area contributed by atoms with E-state index in [4.69, 9.17) is 0 Å². The molecule has 0 bridgehead atoms. The van der Waals surface area contributed by atoms with Gasteiger partial charge in [-0.1, -0.05) is 37.5 Å². The van der Waals surface area contributed by atoms with Crippen LogP contribution in [0, 0.1) is 0 Å². The topological polar surface area (TPSA) is 131 Å². The third kappa shape index (κ3) is 7.07. The van der Waals surface area contributed by atoms with Crippen LogP contribution in [0.4, 0.5) is 21.9 Å². The maximum atomic E-state index is 14.0. The SMILES string of the molecule is CC(C)(C)NC(=O)CN1C(=O)C(NC(=O)Nc2cccc(C(=O)O)c2)CN(C2CCCCC2)c2ccccc21. The van der Waals surface area contributed by atoms with Crippen molar-refractivity contribution in [1.82, 2.24) is 10.6 Å². The van der Waals surface area contributed by atoms with Gasteiger partial charge in [0, 0.05) is 23.8 Å². The van der Waals surface area contributed by atoms with Gasteiger partial charge in [0.2, 0.25) is 5.91 Å². The quantitative estimate of drug-likeness (QED) is 0.443. The van der Waals surface area contributed by atoms with E-state index < -0.39 is 23.6 Å². The van der Waals surface area contributed by atoms with Gasteiger partial charge in [-0.25, -0.2) is 9.59 Å². The highest BCUT2D eigenvalue weighted by atomic mass is 16.4. The number of nitrogens with zero attached hydrogens (tertiary/aromatic N) is 2. The monoisotopic (exact) mass is 535 g/mol. The fourth-order valence-electron chi connectivity index (χ4n) is 5.28. The first kappa shape index (κ1) is 27.9. The van der Waals surface area contributed by atoms with Crippen molar-refractivity contribution in [3.05, 3.63) is 54.1 Å². The molecule has 1 heterocycles. The maximum absolute atomic E-state index is 14.0. The number of carbonyl (C=O) groups is 4. The Morgan fingerprint density at radius 3 is 2.33 bits per heavy atom. The minimum atomic E-state index is -1.11. The molecule has 1 fully saturated rings. The molecule has 1 unspecified atom stereocenters. The van der Waals surface area contributed by atoms with Crippen LogP contribution in [-0.2, 0) is 9.59 Å². The number of amides is 4. The van der Waals surface area contributed by atoms with E-state index in [0.29, 0.717) is 11.4 Å². The fourth-order valence-corrected chi connectivity index (χ4v) is 5.28. The summed E-state index contributed by atoms with van der Waals surface area (Å²) in [6, 6.07) is 12.1. The standard InChI is InChI=1S/C29H37N5O5/c1-29(2,3)32-25(35)18-34-24-15-8-7-14-23(24)33(21-12-5-4-6-13-21)17-22(26(34)36)31-28(39)30-20-11-9-10-19(16-20)27(37)38/h7-11,14-16,21-22H,4-6,12-13,17-18H2,1-3H3,(H,32,35)(H,37,38)(H2,30,31,39). The minimum Gasteiger partial charge on any atom is -0.478 e. The van der Waals surface area contributed by atoms with Crippen LogP contribution in [0.25, 0.3) is 0 Å². The number of urea groups is 1. The highest BCUT2D eigenvalue weighted by Crippen LogP contribution is 2.37. The Bertz CT molecular complexity index is 1230. The summed E-state index contributed by atoms with van der Waals surface area (Å²) in [5.74, 6) is -1.80. The summed E-state index contributed by atoms with van der Waals surface area (Å²) in [7, 11) is 0. The summed E-state index contributed by atoms with van der Waals surface area (Å²) in [5.41, 5.74) is 1.36. The molecular formula is C29H37N5O5. The van der Waals surface area contributed by atoms with E-state index in [1.54, 1.807) is 6.07 Å². The largest absolute Gasteiger partial charge is 0.478 e. The van der Waals surface area contributed by atoms with E-state index in [1.165, 1.54) is 29.5 Å². The zero-order valence-electron chi connectivity index (χ0n) is 22.7. The molecule has 0 radical (unpaired) electrons. The van der Waals surface area contributed by atoms with Crippen LogP contribution >= 0.6 is 0 Å². The molecule has 0 saturated heterocycles. The smallest absolute Gasteiger partial charge is 0.335 e. The lowest BCUT2D eigenvalue weighted by atomic mass is 9.93. The van der Waals surface area contributed by atoms with Crippen molar-refractivity contribution in [2.24, 2.45) is 0 Å². The van der Waals surface area contributed by atoms with Gasteiger partial charge >= 0.3 is 12.0 Å². The Morgan fingerprint density at radius 1 is 0.974 bits per heavy atom. The molecule has 10 nitrogen and oxygen atoms in total. The van der Waals surface area contributed by atoms with Crippen molar-refractivity contribution < 1.29 is 24.3 Å². The molecule has 208 valence electrons. The van der Waals surface area contributed by atoms with Crippen LogP contribution in [0.15, 0.2) is 48.5 Å². The van der Waals surface area contributed by atoms with Crippen molar-refractivity contribution >= 4 is 40.9 Å². The van der Waals surface area contributed by atoms with E-state index in [-0.39, 0.29) is 36.5 Å². The van der Waals surface area contributed by atoms with E-state index in [2.05, 4.69) is 20.9 Å². The van der Waals surface area contributed by atoms with E-state index in [0.717, 1.165) is 31.4 Å². The van der Waals surface area contributed by atoms with Gasteiger partial charge in [0.05, 0.1) is 16.9 Å². The molecule has 0 aromatic heterocycles. The van der Waals surface area contributed by atoms with E-state index in [1.807, 2.05) is 45.0 Å². The van der Waals surface area contributed by atoms with Crippen molar-refractivity contribution in [1.29, 1.82) is 0 Å². The van der Waals surface area contributed by atoms with Crippen LogP contribution in [0.2, 0.25) is 0 Å². The maximum Gasteiger partial charge on any atom is 0.335 e. The number of nitrogens with one attached hydrogen (secondary N) is 3. The Morgan fingerprint density at radius 2 is 1.67 bits per heavy atom. The third-order valence-electron chi connectivity index (χ3n) is 6.93. The van der Waals surface area contributed by atoms with Gasteiger partial charge in [0.25, 0.3) is 5.91 Å². The van der Waals surface area contributed by atoms with E-state index in [9.17, 15) is 24.3 Å². The van der Waals surface area contributed by atoms with Crippen molar-refractivity contribution in [3.8, 4) is 0 Å². The zero-order valence-corrected chi connectivity index (χ0v) is 22.7. The summed E-state index contributed by atoms with van der Waals surface area (Å²) >= 11 is 0. The molecule has 1 saturated carbocycles. The molecule has 4 rings (SSSR count). The molecule has 0 spiro atoms. The molecule has 2 aromatic rings. The Kier molecular flexibility index (Phi) is 8.42. The molecule has 10 heteroatoms. The lowest BCUT2D eigenvalue weighted by Crippen LogP contribution is -2.56. The van der Waals surface area contributed by atoms with Gasteiger partial charge in [-0.3, -0.25) is 14.5 Å². The van der Waals surface area contributed by atoms with Gasteiger partial charge in [-0.15, -0.1) is 0 Å². The number of rotatable bonds is 6. The Labute approximate surface area is 228 Å². The van der Waals surface area contributed by atoms with Gasteiger partial charge in [-0.05, 0) is 63.9 Å². The van der Waals surface area contributed by atoms with Crippen LogP contribution in [0.3, 0.4) is 0 Å². The summed E-state index contributed by atoms with van der Waals surface area (Å²) in [6.45, 7) is 5.69. The molecule has 4 N–H and O–H groups in total. The fraction of sp³-hybridized carbons (Fsp3) is 0.448. The number of hydrogen-bond donors (Lipinski definition) is 4. The van der Waals surface area contributed by atoms with Gasteiger partial charge in [0.1, 0.15) is 12.6 Å². The summed E-state index contributed by atoms with van der Waals surface area (Å²) < 4.78 is 0. The molecule has 1 aliphatic carbocycles. The third-order valence-corrected chi connectivity index (χ3v) is 6.93. The molecule has 1 aliphatic heterocycles. The predicted octanol–water partition coefficient (Wildman–Crippen LogP) is 3.98. The zero-order chi connectivity index (χ0) is 28.2. The number of aromatic carboxylic acids is 1. The van der Waals surface area contributed by atoms with Gasteiger partial charge in [-0.2, -0.15) is 0 Å². The predicted molar refractivity (Wildman–Crippen MR) is 150 cm³/mol. The van der Waals surface area contributed by atoms with Crippen LogP contribution in [0.5, 0.6) is 0 Å². The number of carboxylic acids is 1. The highest BCUT2D eigenvalue weighted by Gasteiger charge is 2.38. The number of fused-ring (bicyclic) bond motifs is 1. The van der Waals surface area contributed by atoms with Crippen LogP contribution in [-0.4, -0.2) is 59.6 Å². The molecule has 2 aromatic carbocycles. The van der Waals surface area contributed by atoms with Crippen LogP contribution in [0.1, 0.15) is 63.2 Å². The number of carboxylic acid groups (broad SMARTS) is 1. The number of anilines is 3. The van der Waals surface area contributed by atoms with Crippen LogP contribution < -0.4 is 25.8 Å². The highest BCUT2D eigenvalue weighted by molar-refractivity contribution is 6.07. The number of hydrogen-bond acceptors (Lipinski definition) is 5. The second-order valence-electron chi connectivity index (χ2n) is 11.2. The first-order valence-electron chi connectivity index (χ1n) is 13.4. The summed E-state index contributed by atoms with van der Waals surface area (Å²) in [6.07, 6.45) is 5.31. The Balaban J connectivity index is 1.64. The second-order valence-corrected chi connectivity index (χ2v) is 11.2. The summed E-state index contributed by atoms with van der Waals surface area (Å²) in [5, 5.41) is 17.6. The first-order chi connectivity index (χ1) is 18.5. The average molecular weight is 536 g/mol. The molecular weight excluding hydrogens is 498 g/mol. The molecule has 1 atom stereocenters. The van der Waals surface area contributed by atoms with E-state index >= 15 is 0 Å². The van der Waals surface area contributed by atoms with Gasteiger partial charge < -0.3 is 26.0 Å². The number of para-hydroxylation sites is 2. The molecule has 4 amide bonds. The average Bonchev–Trinajstić information content (AvgIpc) is 2.99. The molecule has 39 heavy (non-hydrogen) atoms. The number of benzene rings is 2. The lowest BCUT2D eigenvalue weighted by Gasteiger charge is -2.37. The summed E-state index contributed by atoms with van der Waals surface area (Å²) in [4.78, 5) is 55.0. The Hall–Kier alpha value is -4.08. The normalized spacial score (nSPS) is 18.1. The second kappa shape index (κ2) is 11.8. The van der Waals surface area contributed by atoms with Crippen molar-refractivity contribution in [3.63, 3.8) is 0 Å². The molecule has 2 aliphatic rings.